The zero-order valence-corrected chi connectivity index (χ0v) is 23.4. The highest BCUT2D eigenvalue weighted by Gasteiger charge is 2.68. The lowest BCUT2D eigenvalue weighted by Crippen LogP contribution is -2.54. The third-order valence-corrected chi connectivity index (χ3v) is 9.13. The third kappa shape index (κ3) is 3.64. The third-order valence-electron chi connectivity index (χ3n) is 8.59. The number of nitrogens with one attached hydrogen (secondary N) is 1. The Morgan fingerprint density at radius 3 is 2.15 bits per heavy atom. The molecule has 4 aromatic rings. The summed E-state index contributed by atoms with van der Waals surface area (Å²) in [7, 11) is 0. The van der Waals surface area contributed by atoms with Gasteiger partial charge in [-0.25, -0.2) is 10.3 Å². The van der Waals surface area contributed by atoms with Crippen molar-refractivity contribution >= 4 is 52.8 Å². The van der Waals surface area contributed by atoms with Gasteiger partial charge in [0.1, 0.15) is 0 Å². The number of carbonyl (C=O) groups excluding carboxylic acids is 3. The minimum absolute atomic E-state index is 0.197. The van der Waals surface area contributed by atoms with Crippen LogP contribution in [0.15, 0.2) is 96.1 Å². The minimum Gasteiger partial charge on any atom is -0.274 e. The Morgan fingerprint density at radius 2 is 1.51 bits per heavy atom. The zero-order chi connectivity index (χ0) is 28.5. The highest BCUT2D eigenvalue weighted by atomic mass is 35.5. The van der Waals surface area contributed by atoms with Gasteiger partial charge in [-0.15, -0.1) is 0 Å². The van der Waals surface area contributed by atoms with Gasteiger partial charge < -0.3 is 0 Å². The summed E-state index contributed by atoms with van der Waals surface area (Å²) in [5.74, 6) is -2.68. The van der Waals surface area contributed by atoms with Gasteiger partial charge in [-0.2, -0.15) is 5.10 Å². The molecule has 4 aliphatic rings. The molecule has 2 bridgehead atoms. The first kappa shape index (κ1) is 25.7. The van der Waals surface area contributed by atoms with E-state index in [0.29, 0.717) is 10.7 Å². The fourth-order valence-corrected chi connectivity index (χ4v) is 7.42. The number of anilines is 1. The number of imide groups is 1. The molecule has 6 nitrogen and oxygen atoms in total. The molecule has 4 aromatic carbocycles. The topological polar surface area (TPSA) is 78.8 Å². The first-order valence-corrected chi connectivity index (χ1v) is 14.0. The van der Waals surface area contributed by atoms with Crippen molar-refractivity contribution in [1.82, 2.24) is 5.43 Å². The van der Waals surface area contributed by atoms with E-state index < -0.39 is 23.2 Å². The van der Waals surface area contributed by atoms with E-state index in [9.17, 15) is 14.4 Å². The molecule has 1 heterocycles. The number of hydrazone groups is 1. The summed E-state index contributed by atoms with van der Waals surface area (Å²) in [4.78, 5) is 42.9. The van der Waals surface area contributed by atoms with Crippen molar-refractivity contribution in [2.45, 2.75) is 18.3 Å². The lowest BCUT2D eigenvalue weighted by molar-refractivity contribution is -0.122. The van der Waals surface area contributed by atoms with Gasteiger partial charge in [-0.05, 0) is 59.5 Å². The van der Waals surface area contributed by atoms with E-state index in [4.69, 9.17) is 23.2 Å². The Kier molecular flexibility index (Phi) is 5.89. The largest absolute Gasteiger partial charge is 0.274 e. The fraction of sp³-hybridized carbons (Fsp3) is 0.152. The van der Waals surface area contributed by atoms with Crippen LogP contribution in [0.3, 0.4) is 0 Å². The summed E-state index contributed by atoms with van der Waals surface area (Å²) in [6.45, 7) is 1.96. The molecule has 8 heteroatoms. The van der Waals surface area contributed by atoms with Crippen LogP contribution in [0, 0.1) is 18.8 Å². The molecule has 0 radical (unpaired) electrons. The molecule has 0 aromatic heterocycles. The highest BCUT2D eigenvalue weighted by molar-refractivity contribution is 6.36. The zero-order valence-electron chi connectivity index (χ0n) is 21.8. The van der Waals surface area contributed by atoms with Crippen LogP contribution in [0.2, 0.25) is 10.0 Å². The molecule has 0 saturated carbocycles. The molecular formula is C33H23Cl2N3O3. The Labute approximate surface area is 246 Å². The predicted molar refractivity (Wildman–Crippen MR) is 159 cm³/mol. The van der Waals surface area contributed by atoms with Gasteiger partial charge in [-0.3, -0.25) is 14.4 Å². The summed E-state index contributed by atoms with van der Waals surface area (Å²) in [6, 6.07) is 27.8. The Hall–Kier alpha value is -4.26. The quantitative estimate of drug-likeness (QED) is 0.176. The SMILES string of the molecule is Cc1ccc(N2C(=O)[C@@H]3[C@@H](C2=O)C2c4ccccc4C3(/C=N/NC(=O)c3ccc(Cl)cc3Cl)c3ccccc32)cc1. The molecule has 0 spiro atoms. The molecule has 2 atom stereocenters. The molecule has 1 saturated heterocycles. The van der Waals surface area contributed by atoms with E-state index in [1.165, 1.54) is 17.0 Å². The summed E-state index contributed by atoms with van der Waals surface area (Å²) < 4.78 is 0. The summed E-state index contributed by atoms with van der Waals surface area (Å²) in [5, 5.41) is 5.04. The Bertz CT molecular complexity index is 1750. The number of carbonyl (C=O) groups is 3. The lowest BCUT2D eigenvalue weighted by Gasteiger charge is -2.52. The van der Waals surface area contributed by atoms with Crippen molar-refractivity contribution < 1.29 is 14.4 Å². The molecule has 1 fully saturated rings. The summed E-state index contributed by atoms with van der Waals surface area (Å²) in [5.41, 5.74) is 7.07. The number of rotatable bonds is 4. The molecule has 0 unspecified atom stereocenters. The standard InChI is InChI=1S/C33H23Cl2N3O3/c1-18-10-13-20(14-11-18)38-31(40)28-27-21-6-2-4-8-24(21)33(29(28)32(38)41,25-9-5-3-7-22(25)27)17-36-37-30(39)23-15-12-19(34)16-26(23)35/h2-17,27-29H,1H3,(H,37,39)/b36-17+/t27?,28-,29-,33?/m0/s1. The van der Waals surface area contributed by atoms with Crippen LogP contribution in [0.1, 0.15) is 44.1 Å². The van der Waals surface area contributed by atoms with Crippen LogP contribution in [-0.2, 0) is 15.0 Å². The van der Waals surface area contributed by atoms with Crippen LogP contribution in [-0.4, -0.2) is 23.9 Å². The van der Waals surface area contributed by atoms with Crippen LogP contribution in [0.5, 0.6) is 0 Å². The van der Waals surface area contributed by atoms with E-state index in [0.717, 1.165) is 27.8 Å². The van der Waals surface area contributed by atoms with Crippen LogP contribution in [0.4, 0.5) is 5.69 Å². The average molecular weight is 580 g/mol. The van der Waals surface area contributed by atoms with E-state index in [1.807, 2.05) is 79.7 Å². The second-order valence-electron chi connectivity index (χ2n) is 10.7. The van der Waals surface area contributed by atoms with Crippen molar-refractivity contribution in [2.75, 3.05) is 4.90 Å². The Balaban J connectivity index is 1.39. The first-order valence-electron chi connectivity index (χ1n) is 13.3. The highest BCUT2D eigenvalue weighted by Crippen LogP contribution is 2.63. The van der Waals surface area contributed by atoms with Crippen molar-refractivity contribution in [2.24, 2.45) is 16.9 Å². The predicted octanol–water partition coefficient (Wildman–Crippen LogP) is 6.27. The maximum Gasteiger partial charge on any atom is 0.272 e. The summed E-state index contributed by atoms with van der Waals surface area (Å²) in [6.07, 6.45) is 1.63. The van der Waals surface area contributed by atoms with Gasteiger partial charge in [0.15, 0.2) is 0 Å². The van der Waals surface area contributed by atoms with Gasteiger partial charge >= 0.3 is 0 Å². The molecule has 41 heavy (non-hydrogen) atoms. The van der Waals surface area contributed by atoms with Crippen molar-refractivity contribution in [3.05, 3.63) is 134 Å². The van der Waals surface area contributed by atoms with Gasteiger partial charge in [0.2, 0.25) is 11.8 Å². The van der Waals surface area contributed by atoms with Crippen molar-refractivity contribution in [1.29, 1.82) is 0 Å². The lowest BCUT2D eigenvalue weighted by atomic mass is 9.47. The number of nitrogens with zero attached hydrogens (tertiary/aromatic N) is 2. The maximum atomic E-state index is 14.4. The van der Waals surface area contributed by atoms with Gasteiger partial charge in [0.05, 0.1) is 33.5 Å². The number of aryl methyl sites for hydroxylation is 1. The Morgan fingerprint density at radius 1 is 0.878 bits per heavy atom. The van der Waals surface area contributed by atoms with E-state index in [1.54, 1.807) is 12.3 Å². The van der Waals surface area contributed by atoms with Gasteiger partial charge in [0.25, 0.3) is 5.91 Å². The second kappa shape index (κ2) is 9.40. The van der Waals surface area contributed by atoms with E-state index in [-0.39, 0.29) is 28.3 Å². The summed E-state index contributed by atoms with van der Waals surface area (Å²) >= 11 is 12.3. The second-order valence-corrected chi connectivity index (χ2v) is 11.5. The number of halogens is 2. The smallest absolute Gasteiger partial charge is 0.272 e. The first-order chi connectivity index (χ1) is 19.8. The molecular weight excluding hydrogens is 557 g/mol. The normalized spacial score (nSPS) is 23.9. The maximum absolute atomic E-state index is 14.4. The van der Waals surface area contributed by atoms with Crippen molar-refractivity contribution in [3.8, 4) is 0 Å². The molecule has 1 aliphatic heterocycles. The van der Waals surface area contributed by atoms with Crippen molar-refractivity contribution in [3.63, 3.8) is 0 Å². The monoisotopic (exact) mass is 579 g/mol. The van der Waals surface area contributed by atoms with E-state index in [2.05, 4.69) is 10.5 Å². The van der Waals surface area contributed by atoms with Gasteiger partial charge in [0, 0.05) is 17.2 Å². The van der Waals surface area contributed by atoms with E-state index >= 15 is 0 Å². The van der Waals surface area contributed by atoms with Gasteiger partial charge in [-0.1, -0.05) is 89.4 Å². The average Bonchev–Trinajstić information content (AvgIpc) is 3.24. The number of amides is 3. The van der Waals surface area contributed by atoms with Crippen LogP contribution < -0.4 is 10.3 Å². The number of hydrogen-bond donors (Lipinski definition) is 1. The molecule has 8 rings (SSSR count). The fourth-order valence-electron chi connectivity index (χ4n) is 6.92. The molecule has 202 valence electrons. The number of hydrogen-bond acceptors (Lipinski definition) is 4. The molecule has 1 N–H and O–H groups in total. The van der Waals surface area contributed by atoms with Crippen LogP contribution in [0.25, 0.3) is 0 Å². The number of benzene rings is 4. The molecule has 3 amide bonds. The minimum atomic E-state index is -1.09. The molecule has 3 aliphatic carbocycles. The van der Waals surface area contributed by atoms with Crippen LogP contribution >= 0.6 is 23.2 Å².